The molecule has 0 unspecified atom stereocenters. The van der Waals surface area contributed by atoms with Crippen LogP contribution >= 0.6 is 0 Å². The molecular weight excluding hydrogens is 458 g/mol. The number of aryl methyl sites for hydroxylation is 1. The minimum atomic E-state index is -0.541. The monoisotopic (exact) mass is 479 g/mol. The summed E-state index contributed by atoms with van der Waals surface area (Å²) in [4.78, 5) is 26.4. The van der Waals surface area contributed by atoms with Crippen molar-refractivity contribution in [1.82, 2.24) is 38.9 Å². The van der Waals surface area contributed by atoms with Crippen LogP contribution in [0.3, 0.4) is 0 Å². The van der Waals surface area contributed by atoms with E-state index < -0.39 is 6.04 Å². The molecule has 1 atom stereocenters. The molecule has 6 rings (SSSR count). The zero-order valence-electron chi connectivity index (χ0n) is 19.4. The van der Waals surface area contributed by atoms with Gasteiger partial charge in [-0.3, -0.25) is 14.3 Å². The van der Waals surface area contributed by atoms with Crippen molar-refractivity contribution in [1.29, 1.82) is 0 Å². The maximum absolute atomic E-state index is 13.7. The van der Waals surface area contributed by atoms with E-state index in [0.29, 0.717) is 39.3 Å². The predicted molar refractivity (Wildman–Crippen MR) is 134 cm³/mol. The van der Waals surface area contributed by atoms with Gasteiger partial charge >= 0.3 is 0 Å². The van der Waals surface area contributed by atoms with Crippen molar-refractivity contribution in [2.75, 3.05) is 5.73 Å². The maximum Gasteiger partial charge on any atom is 0.282 e. The molecule has 0 saturated carbocycles. The number of nitrogen functional groups attached to an aromatic ring is 1. The summed E-state index contributed by atoms with van der Waals surface area (Å²) in [7, 11) is 0. The van der Waals surface area contributed by atoms with E-state index in [1.165, 1.54) is 12.5 Å². The van der Waals surface area contributed by atoms with Crippen LogP contribution in [0.4, 0.5) is 5.82 Å². The predicted octanol–water partition coefficient (Wildman–Crippen LogP) is 2.89. The number of aromatic hydroxyl groups is 1. The van der Waals surface area contributed by atoms with Crippen molar-refractivity contribution in [3.05, 3.63) is 89.1 Å². The van der Waals surface area contributed by atoms with E-state index in [1.54, 1.807) is 32.2 Å². The van der Waals surface area contributed by atoms with Gasteiger partial charge in [-0.05, 0) is 43.7 Å². The van der Waals surface area contributed by atoms with E-state index in [9.17, 15) is 9.90 Å². The Balaban J connectivity index is 1.65. The second-order valence-electron chi connectivity index (χ2n) is 8.48. The van der Waals surface area contributed by atoms with Crippen LogP contribution in [0.15, 0.2) is 72.2 Å². The molecule has 5 heterocycles. The number of hydrogen-bond donors (Lipinski definition) is 2. The van der Waals surface area contributed by atoms with Crippen LogP contribution in [0, 0.1) is 6.92 Å². The first-order chi connectivity index (χ1) is 17.4. The van der Waals surface area contributed by atoms with Gasteiger partial charge in [0.15, 0.2) is 11.5 Å². The molecule has 36 heavy (non-hydrogen) atoms. The first kappa shape index (κ1) is 21.5. The fraction of sp³-hybridized carbons (Fsp3) is 0.120. The van der Waals surface area contributed by atoms with Crippen LogP contribution in [0.5, 0.6) is 5.75 Å². The maximum atomic E-state index is 13.7. The van der Waals surface area contributed by atoms with E-state index in [0.717, 1.165) is 5.56 Å². The fourth-order valence-corrected chi connectivity index (χ4v) is 4.46. The summed E-state index contributed by atoms with van der Waals surface area (Å²) >= 11 is 0. The quantitative estimate of drug-likeness (QED) is 0.393. The SMILES string of the molecule is Cc1ccn2nc([C@H](C)n3nc(-c4cncc(O)c4)c4c(N)ncnc43)n(-c3ccccc3)c(=O)c12. The lowest BCUT2D eigenvalue weighted by atomic mass is 10.1. The van der Waals surface area contributed by atoms with Gasteiger partial charge in [-0.25, -0.2) is 19.2 Å². The molecule has 11 heteroatoms. The zero-order chi connectivity index (χ0) is 25.0. The summed E-state index contributed by atoms with van der Waals surface area (Å²) in [6.45, 7) is 3.77. The molecule has 0 fully saturated rings. The van der Waals surface area contributed by atoms with Crippen molar-refractivity contribution >= 4 is 22.4 Å². The van der Waals surface area contributed by atoms with Crippen molar-refractivity contribution in [3.8, 4) is 22.7 Å². The third-order valence-electron chi connectivity index (χ3n) is 6.18. The molecule has 0 spiro atoms. The molecule has 0 radical (unpaired) electrons. The molecule has 0 aliphatic rings. The third kappa shape index (κ3) is 3.21. The summed E-state index contributed by atoms with van der Waals surface area (Å²) in [5.41, 5.74) is 9.55. The van der Waals surface area contributed by atoms with E-state index in [4.69, 9.17) is 15.9 Å². The lowest BCUT2D eigenvalue weighted by Gasteiger charge is -2.19. The minimum Gasteiger partial charge on any atom is -0.506 e. The summed E-state index contributed by atoms with van der Waals surface area (Å²) in [6, 6.07) is 12.2. The highest BCUT2D eigenvalue weighted by Gasteiger charge is 2.26. The average Bonchev–Trinajstić information content (AvgIpc) is 3.46. The molecule has 0 amide bonds. The Hall–Kier alpha value is -5.06. The highest BCUT2D eigenvalue weighted by Crippen LogP contribution is 2.33. The molecule has 0 aliphatic heterocycles. The summed E-state index contributed by atoms with van der Waals surface area (Å²) < 4.78 is 4.86. The minimum absolute atomic E-state index is 0.00770. The second-order valence-corrected chi connectivity index (χ2v) is 8.48. The first-order valence-corrected chi connectivity index (χ1v) is 11.2. The smallest absolute Gasteiger partial charge is 0.282 e. The molecular formula is C25H21N9O2. The number of benzene rings is 1. The number of rotatable bonds is 4. The number of pyridine rings is 1. The van der Waals surface area contributed by atoms with Crippen molar-refractivity contribution in [2.45, 2.75) is 19.9 Å². The van der Waals surface area contributed by atoms with E-state index in [-0.39, 0.29) is 17.1 Å². The van der Waals surface area contributed by atoms with Crippen LogP contribution in [0.2, 0.25) is 0 Å². The molecule has 0 aliphatic carbocycles. The standard InChI is InChI=1S/C25H21N9O2/c1-14-8-9-32-21(14)25(36)33(17-6-4-3-5-7-17)23(31-32)15(2)34-24-19(22(26)28-13-29-24)20(30-34)16-10-18(35)12-27-11-16/h3-13,15,35H,1-2H3,(H2,26,28,29)/t15-/m0/s1. The summed E-state index contributed by atoms with van der Waals surface area (Å²) in [6.07, 6.45) is 6.05. The number of fused-ring (bicyclic) bond motifs is 2. The number of hydrogen-bond acceptors (Lipinski definition) is 8. The molecule has 1 aromatic carbocycles. The van der Waals surface area contributed by atoms with Gasteiger partial charge in [0.05, 0.1) is 17.3 Å². The molecule has 5 aromatic heterocycles. The van der Waals surface area contributed by atoms with Crippen LogP contribution in [-0.2, 0) is 0 Å². The Bertz CT molecular complexity index is 1820. The summed E-state index contributed by atoms with van der Waals surface area (Å²) in [5.74, 6) is 0.685. The topological polar surface area (TPSA) is 142 Å². The molecule has 6 aromatic rings. The van der Waals surface area contributed by atoms with E-state index in [2.05, 4.69) is 15.0 Å². The van der Waals surface area contributed by atoms with Gasteiger partial charge in [0.1, 0.15) is 35.1 Å². The van der Waals surface area contributed by atoms with Gasteiger partial charge in [0, 0.05) is 18.0 Å². The van der Waals surface area contributed by atoms with Crippen LogP contribution in [0.25, 0.3) is 33.5 Å². The lowest BCUT2D eigenvalue weighted by molar-refractivity contribution is 0.473. The van der Waals surface area contributed by atoms with Crippen molar-refractivity contribution < 1.29 is 5.11 Å². The number of nitrogens with two attached hydrogens (primary N) is 1. The second kappa shape index (κ2) is 8.01. The van der Waals surface area contributed by atoms with Gasteiger partial charge in [0.2, 0.25) is 0 Å². The highest BCUT2D eigenvalue weighted by atomic mass is 16.3. The van der Waals surface area contributed by atoms with E-state index >= 15 is 0 Å². The number of nitrogens with zero attached hydrogens (tertiary/aromatic N) is 8. The molecule has 0 saturated heterocycles. The van der Waals surface area contributed by atoms with E-state index in [1.807, 2.05) is 50.2 Å². The Morgan fingerprint density at radius 2 is 1.86 bits per heavy atom. The van der Waals surface area contributed by atoms with Gasteiger partial charge in [-0.15, -0.1) is 0 Å². The molecule has 3 N–H and O–H groups in total. The Morgan fingerprint density at radius 3 is 2.64 bits per heavy atom. The van der Waals surface area contributed by atoms with Gasteiger partial charge in [-0.1, -0.05) is 18.2 Å². The third-order valence-corrected chi connectivity index (χ3v) is 6.18. The average molecular weight is 480 g/mol. The molecule has 11 nitrogen and oxygen atoms in total. The molecule has 178 valence electrons. The Kier molecular flexibility index (Phi) is 4.78. The van der Waals surface area contributed by atoms with Gasteiger partial charge < -0.3 is 10.8 Å². The van der Waals surface area contributed by atoms with Crippen LogP contribution < -0.4 is 11.3 Å². The molecule has 0 bridgehead atoms. The van der Waals surface area contributed by atoms with Crippen LogP contribution in [-0.4, -0.2) is 44.0 Å². The summed E-state index contributed by atoms with van der Waals surface area (Å²) in [5, 5.41) is 20.1. The fourth-order valence-electron chi connectivity index (χ4n) is 4.46. The van der Waals surface area contributed by atoms with Crippen molar-refractivity contribution in [3.63, 3.8) is 0 Å². The normalized spacial score (nSPS) is 12.4. The number of para-hydroxylation sites is 1. The Labute approximate surface area is 204 Å². The largest absolute Gasteiger partial charge is 0.506 e. The first-order valence-electron chi connectivity index (χ1n) is 11.2. The number of anilines is 1. The van der Waals surface area contributed by atoms with Crippen molar-refractivity contribution in [2.24, 2.45) is 0 Å². The zero-order valence-corrected chi connectivity index (χ0v) is 19.4. The Morgan fingerprint density at radius 1 is 1.06 bits per heavy atom. The number of aromatic nitrogens is 8. The van der Waals surface area contributed by atoms with Gasteiger partial charge in [-0.2, -0.15) is 10.2 Å². The van der Waals surface area contributed by atoms with Gasteiger partial charge in [0.25, 0.3) is 5.56 Å². The van der Waals surface area contributed by atoms with Crippen LogP contribution in [0.1, 0.15) is 24.4 Å². The lowest BCUT2D eigenvalue weighted by Crippen LogP contribution is -2.29. The highest BCUT2D eigenvalue weighted by molar-refractivity contribution is 5.98.